The Hall–Kier alpha value is -1.32. The minimum Gasteiger partial charge on any atom is -0.478 e. The highest BCUT2D eigenvalue weighted by Crippen LogP contribution is 2.21. The normalized spacial score (nSPS) is 12.1. The standard InChI is InChI=1S/C10H9ClO3/c1-6(10(13)14)9(12)7-2-4-8(11)5-3-7/h2-5,9,12H,1H2,(H,13,14)/t9-/m0/s1. The topological polar surface area (TPSA) is 57.5 Å². The van der Waals surface area contributed by atoms with Crippen molar-refractivity contribution >= 4 is 17.6 Å². The Morgan fingerprint density at radius 2 is 1.86 bits per heavy atom. The molecule has 3 nitrogen and oxygen atoms in total. The van der Waals surface area contributed by atoms with Crippen molar-refractivity contribution in [3.63, 3.8) is 0 Å². The van der Waals surface area contributed by atoms with Crippen LogP contribution in [0, 0.1) is 0 Å². The van der Waals surface area contributed by atoms with Crippen molar-refractivity contribution in [1.82, 2.24) is 0 Å². The van der Waals surface area contributed by atoms with Gasteiger partial charge in [-0.2, -0.15) is 0 Å². The number of carboxylic acids is 1. The van der Waals surface area contributed by atoms with E-state index in [1.165, 1.54) is 0 Å². The number of halogens is 1. The van der Waals surface area contributed by atoms with Crippen LogP contribution in [0.15, 0.2) is 36.4 Å². The van der Waals surface area contributed by atoms with Gasteiger partial charge in [-0.15, -0.1) is 0 Å². The summed E-state index contributed by atoms with van der Waals surface area (Å²) in [4.78, 5) is 10.5. The second-order valence-electron chi connectivity index (χ2n) is 2.78. The third-order valence-corrected chi connectivity index (χ3v) is 2.04. The average Bonchev–Trinajstić information content (AvgIpc) is 2.16. The lowest BCUT2D eigenvalue weighted by Crippen LogP contribution is -2.09. The number of aliphatic hydroxyl groups is 1. The molecule has 1 aromatic carbocycles. The third-order valence-electron chi connectivity index (χ3n) is 1.79. The van der Waals surface area contributed by atoms with E-state index in [1.807, 2.05) is 0 Å². The Morgan fingerprint density at radius 3 is 2.29 bits per heavy atom. The van der Waals surface area contributed by atoms with E-state index in [0.29, 0.717) is 10.6 Å². The molecule has 0 radical (unpaired) electrons. The Morgan fingerprint density at radius 1 is 1.36 bits per heavy atom. The minimum absolute atomic E-state index is 0.257. The van der Waals surface area contributed by atoms with Gasteiger partial charge in [-0.05, 0) is 17.7 Å². The number of carbonyl (C=O) groups is 1. The first-order valence-corrected chi connectivity index (χ1v) is 4.26. The van der Waals surface area contributed by atoms with Gasteiger partial charge in [0.1, 0.15) is 6.10 Å². The van der Waals surface area contributed by atoms with E-state index < -0.39 is 12.1 Å². The molecule has 0 bridgehead atoms. The number of hydrogen-bond donors (Lipinski definition) is 2. The van der Waals surface area contributed by atoms with E-state index in [4.69, 9.17) is 16.7 Å². The number of aliphatic hydroxyl groups excluding tert-OH is 1. The SMILES string of the molecule is C=C(C(=O)O)[C@H](O)c1ccc(Cl)cc1. The summed E-state index contributed by atoms with van der Waals surface area (Å²) >= 11 is 5.64. The van der Waals surface area contributed by atoms with Gasteiger partial charge in [-0.1, -0.05) is 30.3 Å². The van der Waals surface area contributed by atoms with Crippen LogP contribution in [-0.2, 0) is 4.79 Å². The van der Waals surface area contributed by atoms with E-state index in [1.54, 1.807) is 24.3 Å². The monoisotopic (exact) mass is 212 g/mol. The molecule has 0 aromatic heterocycles. The number of hydrogen-bond acceptors (Lipinski definition) is 2. The summed E-state index contributed by atoms with van der Waals surface area (Å²) in [5.41, 5.74) is 0.203. The van der Waals surface area contributed by atoms with Crippen LogP contribution in [-0.4, -0.2) is 16.2 Å². The van der Waals surface area contributed by atoms with Crippen LogP contribution < -0.4 is 0 Å². The first kappa shape index (κ1) is 10.8. The number of rotatable bonds is 3. The molecular weight excluding hydrogens is 204 g/mol. The molecule has 2 N–H and O–H groups in total. The van der Waals surface area contributed by atoms with Crippen LogP contribution in [0.4, 0.5) is 0 Å². The fraction of sp³-hybridized carbons (Fsp3) is 0.100. The molecule has 1 aromatic rings. The summed E-state index contributed by atoms with van der Waals surface area (Å²) < 4.78 is 0. The zero-order valence-corrected chi connectivity index (χ0v) is 8.03. The zero-order chi connectivity index (χ0) is 10.7. The molecular formula is C10H9ClO3. The Bertz CT molecular complexity index is 356. The highest BCUT2D eigenvalue weighted by Gasteiger charge is 2.16. The van der Waals surface area contributed by atoms with Crippen molar-refractivity contribution in [2.24, 2.45) is 0 Å². The average molecular weight is 213 g/mol. The van der Waals surface area contributed by atoms with Crippen molar-refractivity contribution < 1.29 is 15.0 Å². The lowest BCUT2D eigenvalue weighted by molar-refractivity contribution is -0.133. The summed E-state index contributed by atoms with van der Waals surface area (Å²) in [6.45, 7) is 3.27. The molecule has 0 heterocycles. The van der Waals surface area contributed by atoms with Crippen LogP contribution >= 0.6 is 11.6 Å². The number of benzene rings is 1. The number of carboxylic acid groups (broad SMARTS) is 1. The van der Waals surface area contributed by atoms with E-state index in [9.17, 15) is 9.90 Å². The van der Waals surface area contributed by atoms with Gasteiger partial charge in [-0.25, -0.2) is 4.79 Å². The maximum Gasteiger partial charge on any atom is 0.333 e. The molecule has 0 aliphatic heterocycles. The third kappa shape index (κ3) is 2.34. The molecule has 0 aliphatic rings. The molecule has 4 heteroatoms. The van der Waals surface area contributed by atoms with Gasteiger partial charge in [0.15, 0.2) is 0 Å². The maximum absolute atomic E-state index is 10.5. The summed E-state index contributed by atoms with van der Waals surface area (Å²) in [5, 5.41) is 18.6. The molecule has 0 unspecified atom stereocenters. The van der Waals surface area contributed by atoms with Gasteiger partial charge < -0.3 is 10.2 Å². The molecule has 0 amide bonds. The molecule has 1 rings (SSSR count). The quantitative estimate of drug-likeness (QED) is 0.754. The van der Waals surface area contributed by atoms with Crippen molar-refractivity contribution in [1.29, 1.82) is 0 Å². The van der Waals surface area contributed by atoms with Crippen molar-refractivity contribution in [2.75, 3.05) is 0 Å². The molecule has 1 atom stereocenters. The summed E-state index contributed by atoms with van der Waals surface area (Å²) in [5.74, 6) is -1.22. The first-order chi connectivity index (χ1) is 6.52. The fourth-order valence-electron chi connectivity index (χ4n) is 0.963. The van der Waals surface area contributed by atoms with Crippen LogP contribution in [0.5, 0.6) is 0 Å². The van der Waals surface area contributed by atoms with E-state index in [0.717, 1.165) is 0 Å². The lowest BCUT2D eigenvalue weighted by atomic mass is 10.0. The molecule has 14 heavy (non-hydrogen) atoms. The second kappa shape index (κ2) is 4.26. The zero-order valence-electron chi connectivity index (χ0n) is 7.27. The first-order valence-electron chi connectivity index (χ1n) is 3.88. The minimum atomic E-state index is -1.22. The largest absolute Gasteiger partial charge is 0.478 e. The van der Waals surface area contributed by atoms with Crippen LogP contribution in [0.1, 0.15) is 11.7 Å². The molecule has 0 saturated carbocycles. The lowest BCUT2D eigenvalue weighted by Gasteiger charge is -2.10. The number of aliphatic carboxylic acids is 1. The van der Waals surface area contributed by atoms with Gasteiger partial charge in [0.05, 0.1) is 5.57 Å². The molecule has 74 valence electrons. The van der Waals surface area contributed by atoms with Crippen molar-refractivity contribution in [3.8, 4) is 0 Å². The van der Waals surface area contributed by atoms with Crippen LogP contribution in [0.25, 0.3) is 0 Å². The maximum atomic E-state index is 10.5. The van der Waals surface area contributed by atoms with Gasteiger partial charge in [0.2, 0.25) is 0 Å². The fourth-order valence-corrected chi connectivity index (χ4v) is 1.09. The van der Waals surface area contributed by atoms with E-state index >= 15 is 0 Å². The van der Waals surface area contributed by atoms with Gasteiger partial charge in [-0.3, -0.25) is 0 Å². The molecule has 0 aliphatic carbocycles. The Labute approximate surface area is 86.3 Å². The summed E-state index contributed by atoms with van der Waals surface area (Å²) in [6, 6.07) is 6.27. The van der Waals surface area contributed by atoms with Gasteiger partial charge in [0, 0.05) is 5.02 Å². The van der Waals surface area contributed by atoms with Gasteiger partial charge in [0.25, 0.3) is 0 Å². The Balaban J connectivity index is 2.89. The van der Waals surface area contributed by atoms with Crippen LogP contribution in [0.3, 0.4) is 0 Å². The predicted molar refractivity (Wildman–Crippen MR) is 53.2 cm³/mol. The molecule has 0 spiro atoms. The Kier molecular flexibility index (Phi) is 3.28. The summed E-state index contributed by atoms with van der Waals surface area (Å²) in [7, 11) is 0. The van der Waals surface area contributed by atoms with Crippen LogP contribution in [0.2, 0.25) is 5.02 Å². The smallest absolute Gasteiger partial charge is 0.333 e. The highest BCUT2D eigenvalue weighted by molar-refractivity contribution is 6.30. The highest BCUT2D eigenvalue weighted by atomic mass is 35.5. The van der Waals surface area contributed by atoms with Gasteiger partial charge >= 0.3 is 5.97 Å². The summed E-state index contributed by atoms with van der Waals surface area (Å²) in [6.07, 6.45) is -1.19. The van der Waals surface area contributed by atoms with Crippen molar-refractivity contribution in [2.45, 2.75) is 6.10 Å². The van der Waals surface area contributed by atoms with E-state index in [-0.39, 0.29) is 5.57 Å². The second-order valence-corrected chi connectivity index (χ2v) is 3.22. The van der Waals surface area contributed by atoms with E-state index in [2.05, 4.69) is 6.58 Å². The van der Waals surface area contributed by atoms with Crippen molar-refractivity contribution in [3.05, 3.63) is 47.0 Å². The molecule has 0 fully saturated rings. The molecule has 0 saturated heterocycles. The predicted octanol–water partition coefficient (Wildman–Crippen LogP) is 2.01.